The summed E-state index contributed by atoms with van der Waals surface area (Å²) in [4.78, 5) is 47.8. The van der Waals surface area contributed by atoms with Gasteiger partial charge in [0.1, 0.15) is 12.1 Å². The van der Waals surface area contributed by atoms with Gasteiger partial charge in [-0.2, -0.15) is 0 Å². The van der Waals surface area contributed by atoms with E-state index in [0.29, 0.717) is 0 Å². The van der Waals surface area contributed by atoms with Gasteiger partial charge in [-0.1, -0.05) is 0 Å². The highest BCUT2D eigenvalue weighted by Crippen LogP contribution is 2.07. The van der Waals surface area contributed by atoms with Crippen molar-refractivity contribution in [3.63, 3.8) is 0 Å². The smallest absolute Gasteiger partial charge is 0.407 e. The van der Waals surface area contributed by atoms with Crippen molar-refractivity contribution >= 4 is 28.0 Å². The molecule has 10 heteroatoms. The van der Waals surface area contributed by atoms with Crippen LogP contribution in [0.15, 0.2) is 20.3 Å². The predicted molar refractivity (Wildman–Crippen MR) is 93.6 cm³/mol. The predicted octanol–water partition coefficient (Wildman–Crippen LogP) is 1.03. The van der Waals surface area contributed by atoms with Crippen molar-refractivity contribution in [3.05, 3.63) is 31.5 Å². The molecule has 0 radical (unpaired) electrons. The van der Waals surface area contributed by atoms with E-state index in [4.69, 9.17) is 4.74 Å². The van der Waals surface area contributed by atoms with Crippen molar-refractivity contribution < 1.29 is 19.1 Å². The average molecular weight is 420 g/mol. The van der Waals surface area contributed by atoms with Gasteiger partial charge in [-0.05, 0) is 43.6 Å². The van der Waals surface area contributed by atoms with Crippen molar-refractivity contribution in [2.24, 2.45) is 0 Å². The number of aromatic nitrogens is 2. The number of carbonyl (C=O) groups is 2. The molecule has 0 aliphatic heterocycles. The first-order valence-electron chi connectivity index (χ1n) is 7.51. The monoisotopic (exact) mass is 419 g/mol. The lowest BCUT2D eigenvalue weighted by atomic mass is 10.2. The number of alkyl carbamates (subject to hydrolysis) is 1. The van der Waals surface area contributed by atoms with E-state index < -0.39 is 35.0 Å². The van der Waals surface area contributed by atoms with Gasteiger partial charge in [-0.25, -0.2) is 9.59 Å². The fourth-order valence-electron chi connectivity index (χ4n) is 1.93. The Morgan fingerprint density at radius 1 is 1.32 bits per heavy atom. The van der Waals surface area contributed by atoms with Crippen LogP contribution in [0.2, 0.25) is 0 Å². The van der Waals surface area contributed by atoms with Crippen LogP contribution in [0.3, 0.4) is 0 Å². The number of rotatable bonds is 5. The van der Waals surface area contributed by atoms with Gasteiger partial charge in [0.05, 0.1) is 17.6 Å². The van der Waals surface area contributed by atoms with Gasteiger partial charge in [0.25, 0.3) is 5.56 Å². The van der Waals surface area contributed by atoms with Gasteiger partial charge in [0, 0.05) is 12.7 Å². The van der Waals surface area contributed by atoms with Crippen molar-refractivity contribution in [2.75, 3.05) is 13.7 Å². The maximum atomic E-state index is 12.5. The highest BCUT2D eigenvalue weighted by Gasteiger charge is 2.20. The summed E-state index contributed by atoms with van der Waals surface area (Å²) in [6.07, 6.45) is 0.573. The summed E-state index contributed by atoms with van der Waals surface area (Å²) in [6, 6.07) is -0.658. The third-order valence-corrected chi connectivity index (χ3v) is 3.60. The minimum Gasteiger partial charge on any atom is -0.468 e. The van der Waals surface area contributed by atoms with Gasteiger partial charge >= 0.3 is 17.8 Å². The molecule has 0 bridgehead atoms. The fourth-order valence-corrected chi connectivity index (χ4v) is 2.37. The minimum atomic E-state index is -0.683. The molecule has 1 aromatic heterocycles. The van der Waals surface area contributed by atoms with Crippen LogP contribution >= 0.6 is 15.9 Å². The van der Waals surface area contributed by atoms with Crippen LogP contribution in [0.25, 0.3) is 0 Å². The van der Waals surface area contributed by atoms with E-state index in [0.717, 1.165) is 9.13 Å². The van der Waals surface area contributed by atoms with E-state index in [1.54, 1.807) is 27.7 Å². The Balaban J connectivity index is 3.03. The Hall–Kier alpha value is -2.10. The molecule has 0 saturated heterocycles. The summed E-state index contributed by atoms with van der Waals surface area (Å²) in [5.41, 5.74) is -1.91. The lowest BCUT2D eigenvalue weighted by Crippen LogP contribution is -2.45. The third kappa shape index (κ3) is 6.04. The molecule has 0 saturated carbocycles. The fraction of sp³-hybridized carbons (Fsp3) is 0.600. The second kappa shape index (κ2) is 8.32. The highest BCUT2D eigenvalue weighted by molar-refractivity contribution is 9.10. The third-order valence-electron chi connectivity index (χ3n) is 3.05. The van der Waals surface area contributed by atoms with Crippen LogP contribution in [-0.4, -0.2) is 40.5 Å². The second-order valence-electron chi connectivity index (χ2n) is 6.37. The van der Waals surface area contributed by atoms with Gasteiger partial charge in [0.15, 0.2) is 0 Å². The van der Waals surface area contributed by atoms with Gasteiger partial charge in [0.2, 0.25) is 0 Å². The Morgan fingerprint density at radius 2 is 1.92 bits per heavy atom. The van der Waals surface area contributed by atoms with Crippen molar-refractivity contribution in [2.45, 2.75) is 45.9 Å². The van der Waals surface area contributed by atoms with Gasteiger partial charge in [-0.15, -0.1) is 0 Å². The van der Waals surface area contributed by atoms with E-state index in [2.05, 4.69) is 26.0 Å². The molecule has 0 fully saturated rings. The quantitative estimate of drug-likeness (QED) is 0.713. The van der Waals surface area contributed by atoms with Crippen molar-refractivity contribution in [1.82, 2.24) is 14.5 Å². The summed E-state index contributed by atoms with van der Waals surface area (Å²) < 4.78 is 11.8. The van der Waals surface area contributed by atoms with E-state index in [-0.39, 0.29) is 17.6 Å². The van der Waals surface area contributed by atoms with Crippen LogP contribution in [0.5, 0.6) is 0 Å². The number of halogens is 1. The van der Waals surface area contributed by atoms with E-state index in [1.165, 1.54) is 13.3 Å². The van der Waals surface area contributed by atoms with Crippen LogP contribution in [0.4, 0.5) is 4.79 Å². The Labute approximate surface area is 153 Å². The molecule has 9 nitrogen and oxygen atoms in total. The largest absolute Gasteiger partial charge is 0.468 e. The molecule has 1 amide bonds. The maximum Gasteiger partial charge on any atom is 0.407 e. The molecule has 1 unspecified atom stereocenters. The number of hydrogen-bond donors (Lipinski definition) is 1. The molecule has 0 spiro atoms. The molecule has 1 rings (SSSR count). The second-order valence-corrected chi connectivity index (χ2v) is 7.22. The minimum absolute atomic E-state index is 0.00125. The standard InChI is InChI=1S/C15H22BrN3O6/c1-9(6-17-13(22)25-15(2,3)4)19-12(21)10(16)7-18(14(19)23)8-11(20)24-5/h7,9H,6,8H2,1-5H3,(H,17,22). The SMILES string of the molecule is COC(=O)Cn1cc(Br)c(=O)n(C(C)CNC(=O)OC(C)(C)C)c1=O. The van der Waals surface area contributed by atoms with E-state index in [9.17, 15) is 19.2 Å². The number of amides is 1. The lowest BCUT2D eigenvalue weighted by molar-refractivity contribution is -0.141. The van der Waals surface area contributed by atoms with Crippen LogP contribution in [0.1, 0.15) is 33.7 Å². The topological polar surface area (TPSA) is 109 Å². The molecule has 1 N–H and O–H groups in total. The molecule has 0 aromatic carbocycles. The first-order valence-corrected chi connectivity index (χ1v) is 8.30. The molecular weight excluding hydrogens is 398 g/mol. The summed E-state index contributed by atoms with van der Waals surface area (Å²) >= 11 is 3.07. The zero-order valence-electron chi connectivity index (χ0n) is 14.8. The van der Waals surface area contributed by atoms with Gasteiger partial charge < -0.3 is 14.8 Å². The van der Waals surface area contributed by atoms with E-state index >= 15 is 0 Å². The number of nitrogens with one attached hydrogen (secondary N) is 1. The molecule has 0 aliphatic carbocycles. The van der Waals surface area contributed by atoms with E-state index in [1.807, 2.05) is 0 Å². The zero-order chi connectivity index (χ0) is 19.4. The zero-order valence-corrected chi connectivity index (χ0v) is 16.4. The molecule has 1 aromatic rings. The molecule has 1 heterocycles. The van der Waals surface area contributed by atoms with Crippen LogP contribution in [-0.2, 0) is 20.8 Å². The number of hydrogen-bond acceptors (Lipinski definition) is 6. The first kappa shape index (κ1) is 20.9. The number of carbonyl (C=O) groups excluding carboxylic acids is 2. The number of esters is 1. The number of nitrogens with zero attached hydrogens (tertiary/aromatic N) is 2. The summed E-state index contributed by atoms with van der Waals surface area (Å²) in [5, 5.41) is 2.51. The summed E-state index contributed by atoms with van der Waals surface area (Å²) in [5.74, 6) is -0.626. The number of ether oxygens (including phenoxy) is 2. The molecule has 1 atom stereocenters. The van der Waals surface area contributed by atoms with Crippen molar-refractivity contribution in [3.8, 4) is 0 Å². The first-order chi connectivity index (χ1) is 11.5. The van der Waals surface area contributed by atoms with Crippen LogP contribution < -0.4 is 16.6 Å². The summed E-state index contributed by atoms with van der Waals surface area (Å²) in [7, 11) is 1.20. The summed E-state index contributed by atoms with van der Waals surface area (Å²) in [6.45, 7) is 6.43. The Bertz CT molecular complexity index is 762. The van der Waals surface area contributed by atoms with Gasteiger partial charge in [-0.3, -0.25) is 18.7 Å². The Kier molecular flexibility index (Phi) is 6.97. The Morgan fingerprint density at radius 3 is 2.44 bits per heavy atom. The lowest BCUT2D eigenvalue weighted by Gasteiger charge is -2.21. The molecule has 25 heavy (non-hydrogen) atoms. The normalized spacial score (nSPS) is 12.4. The molecule has 0 aliphatic rings. The number of methoxy groups -OCH3 is 1. The molecule has 140 valence electrons. The van der Waals surface area contributed by atoms with Crippen LogP contribution in [0, 0.1) is 0 Å². The van der Waals surface area contributed by atoms with Crippen molar-refractivity contribution in [1.29, 1.82) is 0 Å². The maximum absolute atomic E-state index is 12.5. The average Bonchev–Trinajstić information content (AvgIpc) is 2.49. The molecular formula is C15H22BrN3O6. The highest BCUT2D eigenvalue weighted by atomic mass is 79.9.